The SMILES string of the molecule is Cc1c(NCc2ccc(C(=O)O)nc2)cccc1[N+](=O)[O-]. The zero-order chi connectivity index (χ0) is 15.4. The van der Waals surface area contributed by atoms with Crippen LogP contribution in [0.15, 0.2) is 36.5 Å². The maximum atomic E-state index is 10.9. The van der Waals surface area contributed by atoms with Gasteiger partial charge in [0.05, 0.1) is 4.92 Å². The number of carboxylic acids is 1. The van der Waals surface area contributed by atoms with Crippen molar-refractivity contribution in [1.82, 2.24) is 4.98 Å². The van der Waals surface area contributed by atoms with E-state index in [1.807, 2.05) is 0 Å². The fourth-order valence-corrected chi connectivity index (χ4v) is 1.87. The van der Waals surface area contributed by atoms with Gasteiger partial charge in [0.2, 0.25) is 0 Å². The highest BCUT2D eigenvalue weighted by atomic mass is 16.6. The maximum absolute atomic E-state index is 10.9. The molecule has 0 radical (unpaired) electrons. The van der Waals surface area contributed by atoms with Gasteiger partial charge in [0.25, 0.3) is 5.69 Å². The van der Waals surface area contributed by atoms with E-state index in [2.05, 4.69) is 10.3 Å². The van der Waals surface area contributed by atoms with Gasteiger partial charge in [-0.15, -0.1) is 0 Å². The molecule has 2 rings (SSSR count). The zero-order valence-electron chi connectivity index (χ0n) is 11.2. The van der Waals surface area contributed by atoms with Gasteiger partial charge in [-0.1, -0.05) is 12.1 Å². The van der Waals surface area contributed by atoms with Crippen molar-refractivity contribution in [1.29, 1.82) is 0 Å². The first-order valence-corrected chi connectivity index (χ1v) is 6.15. The van der Waals surface area contributed by atoms with Crippen LogP contribution in [0.1, 0.15) is 21.6 Å². The van der Waals surface area contributed by atoms with E-state index in [4.69, 9.17) is 5.11 Å². The smallest absolute Gasteiger partial charge is 0.354 e. The summed E-state index contributed by atoms with van der Waals surface area (Å²) in [5, 5.41) is 22.7. The summed E-state index contributed by atoms with van der Waals surface area (Å²) in [6.45, 7) is 2.07. The molecule has 0 atom stereocenters. The van der Waals surface area contributed by atoms with Gasteiger partial charge in [-0.2, -0.15) is 0 Å². The van der Waals surface area contributed by atoms with Crippen LogP contribution in [0, 0.1) is 17.0 Å². The molecule has 0 fully saturated rings. The molecule has 21 heavy (non-hydrogen) atoms. The van der Waals surface area contributed by atoms with Crippen LogP contribution in [0.25, 0.3) is 0 Å². The predicted molar refractivity (Wildman–Crippen MR) is 76.4 cm³/mol. The molecule has 1 heterocycles. The number of hydrogen-bond acceptors (Lipinski definition) is 5. The highest BCUT2D eigenvalue weighted by Crippen LogP contribution is 2.25. The average molecular weight is 287 g/mol. The molecule has 7 heteroatoms. The normalized spacial score (nSPS) is 10.1. The van der Waals surface area contributed by atoms with Crippen LogP contribution in [-0.2, 0) is 6.54 Å². The van der Waals surface area contributed by atoms with Gasteiger partial charge in [0.1, 0.15) is 5.69 Å². The molecule has 1 aromatic carbocycles. The van der Waals surface area contributed by atoms with Crippen molar-refractivity contribution in [2.75, 3.05) is 5.32 Å². The lowest BCUT2D eigenvalue weighted by atomic mass is 10.1. The molecular formula is C14H13N3O4. The number of rotatable bonds is 5. The highest BCUT2D eigenvalue weighted by molar-refractivity contribution is 5.85. The molecule has 0 bridgehead atoms. The lowest BCUT2D eigenvalue weighted by Crippen LogP contribution is -2.05. The van der Waals surface area contributed by atoms with E-state index < -0.39 is 10.9 Å². The summed E-state index contributed by atoms with van der Waals surface area (Å²) in [7, 11) is 0. The van der Waals surface area contributed by atoms with Crippen molar-refractivity contribution in [2.45, 2.75) is 13.5 Å². The van der Waals surface area contributed by atoms with Gasteiger partial charge >= 0.3 is 5.97 Å². The van der Waals surface area contributed by atoms with Crippen molar-refractivity contribution in [3.63, 3.8) is 0 Å². The number of aromatic carboxylic acids is 1. The summed E-state index contributed by atoms with van der Waals surface area (Å²) in [4.78, 5) is 24.9. The van der Waals surface area contributed by atoms with E-state index in [1.54, 1.807) is 25.1 Å². The summed E-state index contributed by atoms with van der Waals surface area (Å²) in [5.74, 6) is -1.08. The molecule has 0 aliphatic heterocycles. The second-order valence-electron chi connectivity index (χ2n) is 4.42. The van der Waals surface area contributed by atoms with Crippen LogP contribution in [0.2, 0.25) is 0 Å². The molecule has 0 amide bonds. The van der Waals surface area contributed by atoms with Gasteiger partial charge in [0.15, 0.2) is 0 Å². The van der Waals surface area contributed by atoms with E-state index in [-0.39, 0.29) is 11.4 Å². The third kappa shape index (κ3) is 3.33. The minimum Gasteiger partial charge on any atom is -0.477 e. The zero-order valence-corrected chi connectivity index (χ0v) is 11.2. The molecule has 0 aliphatic carbocycles. The first-order valence-electron chi connectivity index (χ1n) is 6.15. The Labute approximate surface area is 120 Å². The molecule has 7 nitrogen and oxygen atoms in total. The number of nitrogens with one attached hydrogen (secondary N) is 1. The molecule has 0 spiro atoms. The lowest BCUT2D eigenvalue weighted by molar-refractivity contribution is -0.385. The molecule has 0 saturated carbocycles. The fraction of sp³-hybridized carbons (Fsp3) is 0.143. The number of pyridine rings is 1. The Kier molecular flexibility index (Phi) is 4.13. The Morgan fingerprint density at radius 3 is 2.71 bits per heavy atom. The number of nitro groups is 1. The monoisotopic (exact) mass is 287 g/mol. The average Bonchev–Trinajstić information content (AvgIpc) is 2.46. The van der Waals surface area contributed by atoms with Gasteiger partial charge < -0.3 is 10.4 Å². The number of carbonyl (C=O) groups is 1. The highest BCUT2D eigenvalue weighted by Gasteiger charge is 2.12. The minimum atomic E-state index is -1.08. The number of hydrogen-bond donors (Lipinski definition) is 2. The van der Waals surface area contributed by atoms with E-state index in [0.29, 0.717) is 17.8 Å². The number of carboxylic acid groups (broad SMARTS) is 1. The quantitative estimate of drug-likeness (QED) is 0.646. The fourth-order valence-electron chi connectivity index (χ4n) is 1.87. The molecule has 2 aromatic rings. The Morgan fingerprint density at radius 1 is 1.38 bits per heavy atom. The van der Waals surface area contributed by atoms with Gasteiger partial charge in [-0.25, -0.2) is 9.78 Å². The van der Waals surface area contributed by atoms with Crippen molar-refractivity contribution in [3.8, 4) is 0 Å². The van der Waals surface area contributed by atoms with Crippen LogP contribution in [0.5, 0.6) is 0 Å². The van der Waals surface area contributed by atoms with Crippen molar-refractivity contribution >= 4 is 17.3 Å². The van der Waals surface area contributed by atoms with E-state index >= 15 is 0 Å². The van der Waals surface area contributed by atoms with Crippen molar-refractivity contribution in [3.05, 3.63) is 63.5 Å². The first kappa shape index (κ1) is 14.4. The third-order valence-electron chi connectivity index (χ3n) is 3.03. The molecule has 0 aliphatic rings. The Balaban J connectivity index is 2.11. The number of benzene rings is 1. The maximum Gasteiger partial charge on any atom is 0.354 e. The summed E-state index contributed by atoms with van der Waals surface area (Å²) < 4.78 is 0. The Bertz CT molecular complexity index is 683. The molecule has 0 unspecified atom stereocenters. The number of nitro benzene ring substituents is 1. The summed E-state index contributed by atoms with van der Waals surface area (Å²) in [6.07, 6.45) is 1.46. The molecule has 0 saturated heterocycles. The number of nitrogens with zero attached hydrogens (tertiary/aromatic N) is 2. The van der Waals surface area contributed by atoms with E-state index in [1.165, 1.54) is 18.3 Å². The molecule has 1 aromatic heterocycles. The van der Waals surface area contributed by atoms with Crippen LogP contribution in [0.4, 0.5) is 11.4 Å². The van der Waals surface area contributed by atoms with Crippen LogP contribution >= 0.6 is 0 Å². The lowest BCUT2D eigenvalue weighted by Gasteiger charge is -2.09. The van der Waals surface area contributed by atoms with Crippen molar-refractivity contribution < 1.29 is 14.8 Å². The number of anilines is 1. The van der Waals surface area contributed by atoms with Gasteiger partial charge in [-0.3, -0.25) is 10.1 Å². The largest absolute Gasteiger partial charge is 0.477 e. The van der Waals surface area contributed by atoms with E-state index in [9.17, 15) is 14.9 Å². The molecule has 108 valence electrons. The summed E-state index contributed by atoms with van der Waals surface area (Å²) in [6, 6.07) is 7.88. The third-order valence-corrected chi connectivity index (χ3v) is 3.03. The summed E-state index contributed by atoms with van der Waals surface area (Å²) >= 11 is 0. The van der Waals surface area contributed by atoms with Crippen LogP contribution in [-0.4, -0.2) is 21.0 Å². The predicted octanol–water partition coefficient (Wildman–Crippen LogP) is 2.61. The second kappa shape index (κ2) is 6.00. The Morgan fingerprint density at radius 2 is 2.14 bits per heavy atom. The standard InChI is InChI=1S/C14H13N3O4/c1-9-11(3-2-4-13(9)17(20)21)15-7-10-5-6-12(14(18)19)16-8-10/h2-6,8,15H,7H2,1H3,(H,18,19). The van der Waals surface area contributed by atoms with Crippen LogP contribution < -0.4 is 5.32 Å². The van der Waals surface area contributed by atoms with E-state index in [0.717, 1.165) is 5.56 Å². The Hall–Kier alpha value is -2.96. The second-order valence-corrected chi connectivity index (χ2v) is 4.42. The van der Waals surface area contributed by atoms with Gasteiger partial charge in [0, 0.05) is 30.1 Å². The molecule has 2 N–H and O–H groups in total. The number of aromatic nitrogens is 1. The summed E-state index contributed by atoms with van der Waals surface area (Å²) in [5.41, 5.74) is 2.03. The van der Waals surface area contributed by atoms with Crippen LogP contribution in [0.3, 0.4) is 0 Å². The minimum absolute atomic E-state index is 0.0229. The molecular weight excluding hydrogens is 274 g/mol. The topological polar surface area (TPSA) is 105 Å². The van der Waals surface area contributed by atoms with Gasteiger partial charge in [-0.05, 0) is 24.6 Å². The first-order chi connectivity index (χ1) is 9.99. The van der Waals surface area contributed by atoms with Crippen molar-refractivity contribution in [2.24, 2.45) is 0 Å².